The van der Waals surface area contributed by atoms with Crippen LogP contribution in [0.5, 0.6) is 0 Å². The van der Waals surface area contributed by atoms with E-state index in [9.17, 15) is 4.79 Å². The Hall–Kier alpha value is -5.56. The van der Waals surface area contributed by atoms with Crippen molar-refractivity contribution in [2.24, 2.45) is 15.3 Å². The molecule has 0 atom stereocenters. The van der Waals surface area contributed by atoms with Crippen molar-refractivity contribution in [1.82, 2.24) is 4.98 Å². The number of aryl methyl sites for hydroxylation is 7. The Morgan fingerprint density at radius 3 is 1.01 bits per heavy atom. The van der Waals surface area contributed by atoms with E-state index in [4.69, 9.17) is 16.7 Å². The number of benzene rings is 5. The van der Waals surface area contributed by atoms with Crippen molar-refractivity contribution in [3.05, 3.63) is 331 Å². The summed E-state index contributed by atoms with van der Waals surface area (Å²) in [7, 11) is 15.0. The topological polar surface area (TPSA) is 123 Å². The number of hydrogen-bond donors (Lipinski definition) is 1. The Balaban J connectivity index is 0. The molecule has 0 amide bonds. The first-order valence-corrected chi connectivity index (χ1v) is 39.2. The van der Waals surface area contributed by atoms with Crippen molar-refractivity contribution in [3.8, 4) is 0 Å². The summed E-state index contributed by atoms with van der Waals surface area (Å²) in [4.78, 5) is 18.4. The van der Waals surface area contributed by atoms with Gasteiger partial charge in [0.2, 0.25) is 5.69 Å². The molecule has 0 fully saturated rings. The smallest absolute Gasteiger partial charge is 1.00 e. The van der Waals surface area contributed by atoms with Crippen LogP contribution in [0.2, 0.25) is 0 Å². The zero-order valence-corrected chi connectivity index (χ0v) is 86.8. The molecule has 0 unspecified atom stereocenters. The van der Waals surface area contributed by atoms with Crippen molar-refractivity contribution in [3.63, 3.8) is 0 Å². The molecule has 0 aliphatic carbocycles. The van der Waals surface area contributed by atoms with E-state index in [0.29, 0.717) is 0 Å². The van der Waals surface area contributed by atoms with Gasteiger partial charge in [0.1, 0.15) is 39.0 Å². The molecule has 24 heteroatoms. The quantitative estimate of drug-likeness (QED) is 0.00642. The zero-order valence-electron chi connectivity index (χ0n) is 70.6. The second-order valence-electron chi connectivity index (χ2n) is 27.1. The molecule has 0 aliphatic heterocycles. The molecule has 0 bridgehead atoms. The van der Waals surface area contributed by atoms with E-state index in [1.165, 1.54) is 93.3 Å². The summed E-state index contributed by atoms with van der Waals surface area (Å²) >= 11 is 5.68. The van der Waals surface area contributed by atoms with Crippen molar-refractivity contribution < 1.29 is 221 Å². The number of carbonyl (C=O) groups excluding carboxylic acids is 1. The average Bonchev–Trinajstić information content (AvgIpc) is 0.886. The largest absolute Gasteiger partial charge is 1.00 e. The van der Waals surface area contributed by atoms with Gasteiger partial charge in [-0.25, -0.2) is 18.3 Å². The molecule has 5 aromatic carbocycles. The van der Waals surface area contributed by atoms with Crippen LogP contribution in [-0.2, 0) is 32.7 Å². The monoisotopic (exact) mass is 2260 g/mol. The molecular weight excluding hydrogens is 2150 g/mol. The Bertz CT molecular complexity index is 4410. The van der Waals surface area contributed by atoms with Gasteiger partial charge >= 0.3 is 51.4 Å². The van der Waals surface area contributed by atoms with Gasteiger partial charge in [-0.1, -0.05) is 85.3 Å². The SMILES string of the molecule is CN(/N=C/c1cc[n+](CCCCCCCl)cc1)c1ccccc1.CN(C)c1ccc(/C=C/c2cccc[n+]2CCCCCC[n+]2ccc(/C=N/N(C)c3ccccc3)cc2)cc1.CN(C)c1ccc(C=O)cc1.CO.Cc1cccc[n+]1CCCCCC[n+]1ccc(/C=N/N(C)c2ccccc2)cc1.Cc1ccccn1.[Br-].[I-].[I-].[I-].[I-].[I-].[K+]. The normalized spacial score (nSPS) is 10.1. The zero-order chi connectivity index (χ0) is 79.3. The predicted octanol–water partition coefficient (Wildman–Crippen LogP) is -3.63. The summed E-state index contributed by atoms with van der Waals surface area (Å²) in [5.74, 6) is 0.776. The molecule has 118 heavy (non-hydrogen) atoms. The fourth-order valence-electron chi connectivity index (χ4n) is 11.3. The average molecular weight is 2270 g/mol. The molecule has 628 valence electrons. The van der Waals surface area contributed by atoms with Crippen LogP contribution >= 0.6 is 11.6 Å². The number of hydrazone groups is 3. The summed E-state index contributed by atoms with van der Waals surface area (Å²) in [6.07, 6.45) is 44.5. The van der Waals surface area contributed by atoms with E-state index in [2.05, 4.69) is 252 Å². The molecule has 0 spiro atoms. The molecule has 0 radical (unpaired) electrons. The van der Waals surface area contributed by atoms with Crippen LogP contribution in [0.1, 0.15) is 127 Å². The summed E-state index contributed by atoms with van der Waals surface area (Å²) in [6.45, 7) is 9.47. The molecule has 6 heterocycles. The molecular formula is C94H120BrClI5KN14O2. The number of aliphatic hydroxyl groups excluding tert-OH is 1. The number of aromatic nitrogens is 6. The van der Waals surface area contributed by atoms with E-state index < -0.39 is 0 Å². The van der Waals surface area contributed by atoms with E-state index in [1.54, 1.807) is 6.20 Å². The number of anilines is 5. The van der Waals surface area contributed by atoms with Crippen LogP contribution in [0.25, 0.3) is 12.2 Å². The van der Waals surface area contributed by atoms with Crippen LogP contribution in [0.4, 0.5) is 28.4 Å². The number of hydrogen-bond acceptors (Lipinski definition) is 11. The van der Waals surface area contributed by atoms with Gasteiger partial charge < -0.3 is 152 Å². The maximum absolute atomic E-state index is 10.3. The van der Waals surface area contributed by atoms with E-state index in [-0.39, 0.29) is 188 Å². The standard InChI is InChI=1S/C34H41N5.C25H32N4.C19H25ClN3.C9H11NO.C6H7N.CH4O.BrH.5HI.K/c1-36(2)32-19-16-30(17-20-32)18-21-34-15-9-12-26-39(34)25-11-5-4-10-24-38-27-22-31(23-28-38)29-35-37(3)33-13-7-6-8-14-33;1-23-12-8-11-19-29(23)18-10-4-3-9-17-28-20-15-24(16-21-28)22-26-27(2)25-13-6-5-7-14-25;1-22(19-9-5-4-6-10-19)21-17-18-11-15-23(16-12-18)14-8-3-2-7-13-20;1-10(2)9-5-3-8(7-11)4-6-9;1-6-4-2-3-5-7-6;1-2;;;;;;;/h6-9,12-23,26-29H,4-5,10-11,24-25H2,1-3H3;5-8,11-16,19-22H,3-4,9-10,17-18H2,1-2H3;4-6,9-12,15-17H,2-3,7-8,13-14H2,1H3;3-7H,1-2H3;2-5H,1H3;2H,1H3;6*1H;/q2*+2;+1;;;;;;;;;;+1/p-6. The molecule has 0 aliphatic rings. The van der Waals surface area contributed by atoms with E-state index >= 15 is 0 Å². The molecule has 1 N–H and O–H groups in total. The number of unbranched alkanes of at least 4 members (excludes halogenated alkanes) is 9. The number of carbonyl (C=O) groups is 1. The summed E-state index contributed by atoms with van der Waals surface area (Å²) in [5, 5.41) is 26.2. The minimum absolute atomic E-state index is 0. The van der Waals surface area contributed by atoms with Crippen molar-refractivity contribution in [2.75, 3.05) is 87.2 Å². The van der Waals surface area contributed by atoms with Crippen LogP contribution in [0, 0.1) is 13.8 Å². The minimum Gasteiger partial charge on any atom is -1.00 e. The van der Waals surface area contributed by atoms with E-state index in [0.717, 1.165) is 109 Å². The number of alkyl halides is 1. The van der Waals surface area contributed by atoms with Gasteiger partial charge in [0.05, 0.1) is 35.7 Å². The Kier molecular flexibility index (Phi) is 68.8. The maximum atomic E-state index is 10.3. The molecule has 6 aromatic heterocycles. The van der Waals surface area contributed by atoms with Gasteiger partial charge in [-0.15, -0.1) is 11.6 Å². The molecule has 0 saturated heterocycles. The number of halogens is 7. The first-order valence-electron chi connectivity index (χ1n) is 38.7. The second kappa shape index (κ2) is 70.9. The van der Waals surface area contributed by atoms with Crippen LogP contribution < -0.4 is 236 Å². The number of rotatable bonds is 34. The first-order chi connectivity index (χ1) is 54.2. The van der Waals surface area contributed by atoms with Gasteiger partial charge in [0.15, 0.2) is 55.3 Å². The molecule has 11 rings (SSSR count). The van der Waals surface area contributed by atoms with Crippen LogP contribution in [-0.4, -0.2) is 97.3 Å². The third-order valence-electron chi connectivity index (χ3n) is 18.1. The number of aldehydes is 1. The second-order valence-corrected chi connectivity index (χ2v) is 27.5. The predicted molar refractivity (Wildman–Crippen MR) is 464 cm³/mol. The molecule has 16 nitrogen and oxygen atoms in total. The number of aliphatic hydroxyl groups is 1. The maximum Gasteiger partial charge on any atom is 1.00 e. The number of nitrogens with zero attached hydrogens (tertiary/aromatic N) is 14. The van der Waals surface area contributed by atoms with E-state index in [1.807, 2.05) is 190 Å². The van der Waals surface area contributed by atoms with Gasteiger partial charge in [-0.2, -0.15) is 19.9 Å². The van der Waals surface area contributed by atoms with Crippen LogP contribution in [0.3, 0.4) is 0 Å². The Labute approximate surface area is 849 Å². The third-order valence-corrected chi connectivity index (χ3v) is 18.3. The van der Waals surface area contributed by atoms with Crippen molar-refractivity contribution >= 4 is 77.1 Å². The molecule has 11 aromatic rings. The van der Waals surface area contributed by atoms with Gasteiger partial charge in [-0.05, 0) is 148 Å². The fourth-order valence-corrected chi connectivity index (χ4v) is 11.5. The third kappa shape index (κ3) is 48.3. The fraction of sp³-hybridized carbons (Fsp3) is 0.298. The molecule has 0 saturated carbocycles. The van der Waals surface area contributed by atoms with Gasteiger partial charge in [0.25, 0.3) is 0 Å². The summed E-state index contributed by atoms with van der Waals surface area (Å²) < 4.78 is 11.4. The number of pyridine rings is 6. The van der Waals surface area contributed by atoms with Crippen LogP contribution in [0.15, 0.2) is 302 Å². The minimum atomic E-state index is 0. The first kappa shape index (κ1) is 114. The van der Waals surface area contributed by atoms with Crippen molar-refractivity contribution in [2.45, 2.75) is 124 Å². The summed E-state index contributed by atoms with van der Waals surface area (Å²) in [5.41, 5.74) is 14.4. The van der Waals surface area contributed by atoms with Gasteiger partial charge in [-0.3, -0.25) is 24.8 Å². The Morgan fingerprint density at radius 1 is 0.347 bits per heavy atom. The Morgan fingerprint density at radius 2 is 0.678 bits per heavy atom. The number of para-hydroxylation sites is 3. The van der Waals surface area contributed by atoms with Crippen molar-refractivity contribution in [1.29, 1.82) is 0 Å². The summed E-state index contributed by atoms with van der Waals surface area (Å²) in [6, 6.07) is 77.9. The van der Waals surface area contributed by atoms with Gasteiger partial charge in [0, 0.05) is 214 Å².